The van der Waals surface area contributed by atoms with Gasteiger partial charge in [-0.05, 0) is 19.5 Å². The standard InChI is InChI=1S/C11H22N4/c1-11(2,7-14(3)4)8-15-9-13-6-10(15)5-12/h6,9H,5,7-8,12H2,1-4H3. The summed E-state index contributed by atoms with van der Waals surface area (Å²) in [5.74, 6) is 0. The highest BCUT2D eigenvalue weighted by Crippen LogP contribution is 2.19. The van der Waals surface area contributed by atoms with Gasteiger partial charge in [0.15, 0.2) is 0 Å². The number of nitrogens with zero attached hydrogens (tertiary/aromatic N) is 3. The van der Waals surface area contributed by atoms with E-state index in [4.69, 9.17) is 5.73 Å². The summed E-state index contributed by atoms with van der Waals surface area (Å²) in [4.78, 5) is 6.33. The fourth-order valence-corrected chi connectivity index (χ4v) is 2.03. The lowest BCUT2D eigenvalue weighted by Crippen LogP contribution is -2.32. The molecule has 4 heteroatoms. The third-order valence-corrected chi connectivity index (χ3v) is 2.35. The van der Waals surface area contributed by atoms with E-state index in [2.05, 4.69) is 42.4 Å². The molecule has 86 valence electrons. The Morgan fingerprint density at radius 2 is 2.13 bits per heavy atom. The Morgan fingerprint density at radius 1 is 1.47 bits per heavy atom. The Balaban J connectivity index is 2.68. The average molecular weight is 210 g/mol. The van der Waals surface area contributed by atoms with Crippen LogP contribution >= 0.6 is 0 Å². The first-order chi connectivity index (χ1) is 6.94. The fourth-order valence-electron chi connectivity index (χ4n) is 2.03. The summed E-state index contributed by atoms with van der Waals surface area (Å²) >= 11 is 0. The van der Waals surface area contributed by atoms with E-state index in [1.807, 2.05) is 12.5 Å². The maximum atomic E-state index is 5.64. The van der Waals surface area contributed by atoms with E-state index in [0.717, 1.165) is 18.8 Å². The van der Waals surface area contributed by atoms with Crippen molar-refractivity contribution in [3.63, 3.8) is 0 Å². The zero-order valence-electron chi connectivity index (χ0n) is 10.2. The van der Waals surface area contributed by atoms with Crippen LogP contribution in [0.2, 0.25) is 0 Å². The highest BCUT2D eigenvalue weighted by atomic mass is 15.1. The molecule has 0 atom stereocenters. The number of nitrogens with two attached hydrogens (primary N) is 1. The predicted molar refractivity (Wildman–Crippen MR) is 62.5 cm³/mol. The van der Waals surface area contributed by atoms with Gasteiger partial charge in [-0.15, -0.1) is 0 Å². The molecule has 0 unspecified atom stereocenters. The second-order valence-corrected chi connectivity index (χ2v) is 5.12. The van der Waals surface area contributed by atoms with Crippen LogP contribution in [0.25, 0.3) is 0 Å². The van der Waals surface area contributed by atoms with Gasteiger partial charge in [0.2, 0.25) is 0 Å². The van der Waals surface area contributed by atoms with E-state index in [-0.39, 0.29) is 5.41 Å². The molecule has 0 radical (unpaired) electrons. The number of aromatic nitrogens is 2. The largest absolute Gasteiger partial charge is 0.333 e. The van der Waals surface area contributed by atoms with Crippen molar-refractivity contribution in [3.05, 3.63) is 18.2 Å². The van der Waals surface area contributed by atoms with Crippen molar-refractivity contribution in [2.24, 2.45) is 11.1 Å². The summed E-state index contributed by atoms with van der Waals surface area (Å²) < 4.78 is 2.14. The topological polar surface area (TPSA) is 47.1 Å². The molecule has 1 aromatic rings. The molecular formula is C11H22N4. The fraction of sp³-hybridized carbons (Fsp3) is 0.727. The predicted octanol–water partition coefficient (Wildman–Crippen LogP) is 0.930. The Morgan fingerprint density at radius 3 is 2.67 bits per heavy atom. The minimum atomic E-state index is 0.230. The molecule has 0 bridgehead atoms. The first-order valence-corrected chi connectivity index (χ1v) is 5.28. The van der Waals surface area contributed by atoms with Crippen molar-refractivity contribution < 1.29 is 0 Å². The van der Waals surface area contributed by atoms with Crippen LogP contribution < -0.4 is 5.73 Å². The van der Waals surface area contributed by atoms with Crippen molar-refractivity contribution in [1.29, 1.82) is 0 Å². The molecule has 2 N–H and O–H groups in total. The van der Waals surface area contributed by atoms with Gasteiger partial charge in [-0.1, -0.05) is 13.8 Å². The molecule has 0 amide bonds. The Hall–Kier alpha value is -0.870. The first-order valence-electron chi connectivity index (χ1n) is 5.28. The van der Waals surface area contributed by atoms with Crippen LogP contribution in [-0.4, -0.2) is 35.1 Å². The molecule has 15 heavy (non-hydrogen) atoms. The molecule has 0 aliphatic carbocycles. The Kier molecular flexibility index (Phi) is 3.88. The maximum Gasteiger partial charge on any atom is 0.0948 e. The first kappa shape index (κ1) is 12.2. The second-order valence-electron chi connectivity index (χ2n) is 5.12. The molecule has 0 aliphatic heterocycles. The third-order valence-electron chi connectivity index (χ3n) is 2.35. The summed E-state index contributed by atoms with van der Waals surface area (Å²) in [6.07, 6.45) is 3.70. The zero-order valence-corrected chi connectivity index (χ0v) is 10.2. The van der Waals surface area contributed by atoms with Crippen LogP contribution in [0.15, 0.2) is 12.5 Å². The van der Waals surface area contributed by atoms with E-state index < -0.39 is 0 Å². The molecular weight excluding hydrogens is 188 g/mol. The summed E-state index contributed by atoms with van der Waals surface area (Å²) in [6, 6.07) is 0. The van der Waals surface area contributed by atoms with Crippen LogP contribution in [-0.2, 0) is 13.1 Å². The molecule has 0 fully saturated rings. The number of hydrogen-bond acceptors (Lipinski definition) is 3. The highest BCUT2D eigenvalue weighted by Gasteiger charge is 2.20. The monoisotopic (exact) mass is 210 g/mol. The van der Waals surface area contributed by atoms with Gasteiger partial charge in [-0.2, -0.15) is 0 Å². The summed E-state index contributed by atoms with van der Waals surface area (Å²) in [5.41, 5.74) is 6.97. The molecule has 0 saturated carbocycles. The lowest BCUT2D eigenvalue weighted by molar-refractivity contribution is 0.209. The van der Waals surface area contributed by atoms with E-state index >= 15 is 0 Å². The molecule has 0 saturated heterocycles. The minimum absolute atomic E-state index is 0.230. The molecule has 4 nitrogen and oxygen atoms in total. The molecule has 1 heterocycles. The summed E-state index contributed by atoms with van der Waals surface area (Å²) in [7, 11) is 4.19. The van der Waals surface area contributed by atoms with Crippen LogP contribution in [0.5, 0.6) is 0 Å². The van der Waals surface area contributed by atoms with Crippen LogP contribution in [0, 0.1) is 5.41 Å². The molecule has 0 aromatic carbocycles. The molecule has 1 rings (SSSR count). The number of rotatable bonds is 5. The average Bonchev–Trinajstić information content (AvgIpc) is 2.48. The van der Waals surface area contributed by atoms with E-state index in [1.54, 1.807) is 0 Å². The van der Waals surface area contributed by atoms with Crippen molar-refractivity contribution in [3.8, 4) is 0 Å². The summed E-state index contributed by atoms with van der Waals surface area (Å²) in [6.45, 7) is 7.07. The van der Waals surface area contributed by atoms with Gasteiger partial charge in [0, 0.05) is 25.8 Å². The maximum absolute atomic E-state index is 5.64. The van der Waals surface area contributed by atoms with Gasteiger partial charge < -0.3 is 15.2 Å². The molecule has 0 spiro atoms. The number of imidazole rings is 1. The normalized spacial score (nSPS) is 12.4. The summed E-state index contributed by atoms with van der Waals surface area (Å²) in [5, 5.41) is 0. The van der Waals surface area contributed by atoms with Crippen LogP contribution in [0.3, 0.4) is 0 Å². The van der Waals surface area contributed by atoms with E-state index in [9.17, 15) is 0 Å². The smallest absolute Gasteiger partial charge is 0.0948 e. The zero-order chi connectivity index (χ0) is 11.5. The van der Waals surface area contributed by atoms with Crippen molar-refractivity contribution in [2.45, 2.75) is 26.9 Å². The van der Waals surface area contributed by atoms with Gasteiger partial charge in [-0.25, -0.2) is 4.98 Å². The Labute approximate surface area is 92.1 Å². The van der Waals surface area contributed by atoms with Gasteiger partial charge in [-0.3, -0.25) is 0 Å². The van der Waals surface area contributed by atoms with Crippen LogP contribution in [0.4, 0.5) is 0 Å². The molecule has 1 aromatic heterocycles. The van der Waals surface area contributed by atoms with Gasteiger partial charge in [0.1, 0.15) is 0 Å². The van der Waals surface area contributed by atoms with E-state index in [1.165, 1.54) is 0 Å². The lowest BCUT2D eigenvalue weighted by Gasteiger charge is -2.29. The second kappa shape index (κ2) is 4.77. The quantitative estimate of drug-likeness (QED) is 0.786. The number of hydrogen-bond donors (Lipinski definition) is 1. The van der Waals surface area contributed by atoms with E-state index in [0.29, 0.717) is 6.54 Å². The SMILES string of the molecule is CN(C)CC(C)(C)Cn1cncc1CN. The van der Waals surface area contributed by atoms with Crippen molar-refractivity contribution in [2.75, 3.05) is 20.6 Å². The van der Waals surface area contributed by atoms with Crippen molar-refractivity contribution in [1.82, 2.24) is 14.5 Å². The minimum Gasteiger partial charge on any atom is -0.333 e. The molecule has 0 aliphatic rings. The van der Waals surface area contributed by atoms with Gasteiger partial charge >= 0.3 is 0 Å². The lowest BCUT2D eigenvalue weighted by atomic mass is 9.93. The van der Waals surface area contributed by atoms with Gasteiger partial charge in [0.05, 0.1) is 12.0 Å². The van der Waals surface area contributed by atoms with Crippen LogP contribution in [0.1, 0.15) is 19.5 Å². The third kappa shape index (κ3) is 3.64. The highest BCUT2D eigenvalue weighted by molar-refractivity contribution is 4.98. The van der Waals surface area contributed by atoms with Gasteiger partial charge in [0.25, 0.3) is 0 Å². The van der Waals surface area contributed by atoms with Crippen molar-refractivity contribution >= 4 is 0 Å². The Bertz CT molecular complexity index is 301.